The Morgan fingerprint density at radius 2 is 2.00 bits per heavy atom. The summed E-state index contributed by atoms with van der Waals surface area (Å²) in [4.78, 5) is 25.9. The van der Waals surface area contributed by atoms with Crippen molar-refractivity contribution in [3.05, 3.63) is 29.2 Å². The average Bonchev–Trinajstić information content (AvgIpc) is 3.25. The van der Waals surface area contributed by atoms with Crippen molar-refractivity contribution in [2.75, 3.05) is 18.4 Å². The minimum Gasteiger partial charge on any atom is -0.459 e. The second kappa shape index (κ2) is 6.82. The monoisotopic (exact) mass is 374 g/mol. The third kappa shape index (κ3) is 3.98. The van der Waals surface area contributed by atoms with Gasteiger partial charge in [0, 0.05) is 19.0 Å². The van der Waals surface area contributed by atoms with E-state index in [0.29, 0.717) is 25.9 Å². The number of carbonyl (C=O) groups excluding carboxylic acids is 2. The van der Waals surface area contributed by atoms with Crippen LogP contribution in [0.3, 0.4) is 0 Å². The molecule has 1 aliphatic heterocycles. The molecule has 0 radical (unpaired) electrons. The molecule has 0 aliphatic carbocycles. The predicted molar refractivity (Wildman–Crippen MR) is 80.9 cm³/mol. The van der Waals surface area contributed by atoms with Crippen molar-refractivity contribution in [1.82, 2.24) is 15.1 Å². The Morgan fingerprint density at radius 1 is 1.28 bits per heavy atom. The third-order valence-corrected chi connectivity index (χ3v) is 4.67. The van der Waals surface area contributed by atoms with E-state index in [1.807, 2.05) is 0 Å². The van der Waals surface area contributed by atoms with Crippen LogP contribution >= 0.6 is 11.3 Å². The zero-order valence-electron chi connectivity index (χ0n) is 12.7. The van der Waals surface area contributed by atoms with E-state index in [-0.39, 0.29) is 28.1 Å². The maximum atomic E-state index is 12.5. The second-order valence-electron chi connectivity index (χ2n) is 5.44. The van der Waals surface area contributed by atoms with Gasteiger partial charge < -0.3 is 14.6 Å². The summed E-state index contributed by atoms with van der Waals surface area (Å²) in [7, 11) is 0. The number of carbonyl (C=O) groups is 2. The lowest BCUT2D eigenvalue weighted by Gasteiger charge is -2.30. The van der Waals surface area contributed by atoms with Crippen LogP contribution in [0.4, 0.5) is 18.3 Å². The fraction of sp³-hybridized carbons (Fsp3) is 0.429. The first kappa shape index (κ1) is 17.4. The maximum absolute atomic E-state index is 12.5. The molecule has 134 valence electrons. The number of halogens is 3. The van der Waals surface area contributed by atoms with Crippen molar-refractivity contribution < 1.29 is 27.2 Å². The number of likely N-dealkylation sites (tertiary alicyclic amines) is 1. The molecule has 1 N–H and O–H groups in total. The highest BCUT2D eigenvalue weighted by atomic mass is 32.1. The van der Waals surface area contributed by atoms with E-state index < -0.39 is 23.0 Å². The van der Waals surface area contributed by atoms with Gasteiger partial charge in [0.1, 0.15) is 0 Å². The molecule has 2 amide bonds. The SMILES string of the molecule is O=C(Nc1nnc(C(F)(F)F)s1)C1CCN(C(=O)c2ccco2)CC1. The summed E-state index contributed by atoms with van der Waals surface area (Å²) in [6.07, 6.45) is -2.37. The van der Waals surface area contributed by atoms with Crippen LogP contribution in [-0.4, -0.2) is 40.0 Å². The summed E-state index contributed by atoms with van der Waals surface area (Å²) in [5.74, 6) is -0.840. The Balaban J connectivity index is 1.53. The summed E-state index contributed by atoms with van der Waals surface area (Å²) in [5.41, 5.74) is 0. The van der Waals surface area contributed by atoms with Gasteiger partial charge in [-0.25, -0.2) is 0 Å². The lowest BCUT2D eigenvalue weighted by Crippen LogP contribution is -2.41. The van der Waals surface area contributed by atoms with Crippen LogP contribution in [0.1, 0.15) is 28.4 Å². The van der Waals surface area contributed by atoms with E-state index in [4.69, 9.17) is 4.42 Å². The highest BCUT2D eigenvalue weighted by Gasteiger charge is 2.36. The molecule has 11 heteroatoms. The molecule has 0 atom stereocenters. The van der Waals surface area contributed by atoms with Gasteiger partial charge >= 0.3 is 6.18 Å². The zero-order valence-corrected chi connectivity index (χ0v) is 13.6. The number of hydrogen-bond acceptors (Lipinski definition) is 6. The van der Waals surface area contributed by atoms with E-state index in [1.54, 1.807) is 17.0 Å². The zero-order chi connectivity index (χ0) is 18.0. The summed E-state index contributed by atoms with van der Waals surface area (Å²) < 4.78 is 42.5. The van der Waals surface area contributed by atoms with E-state index in [0.717, 1.165) is 0 Å². The number of alkyl halides is 3. The second-order valence-corrected chi connectivity index (χ2v) is 6.42. The van der Waals surface area contributed by atoms with Crippen LogP contribution in [0.15, 0.2) is 22.8 Å². The van der Waals surface area contributed by atoms with Crippen molar-refractivity contribution in [3.63, 3.8) is 0 Å². The Labute approximate surface area is 143 Å². The third-order valence-electron chi connectivity index (χ3n) is 3.78. The van der Waals surface area contributed by atoms with E-state index in [2.05, 4.69) is 15.5 Å². The van der Waals surface area contributed by atoms with Crippen LogP contribution < -0.4 is 5.32 Å². The molecular weight excluding hydrogens is 361 g/mol. The molecule has 3 heterocycles. The summed E-state index contributed by atoms with van der Waals surface area (Å²) in [6, 6.07) is 3.18. The molecule has 0 saturated carbocycles. The number of hydrogen-bond donors (Lipinski definition) is 1. The molecule has 1 aliphatic rings. The molecule has 25 heavy (non-hydrogen) atoms. The van der Waals surface area contributed by atoms with Gasteiger partial charge in [0.25, 0.3) is 5.91 Å². The Morgan fingerprint density at radius 3 is 2.56 bits per heavy atom. The first-order valence-electron chi connectivity index (χ1n) is 7.39. The summed E-state index contributed by atoms with van der Waals surface area (Å²) >= 11 is 0.280. The molecular formula is C14H13F3N4O3S. The fourth-order valence-corrected chi connectivity index (χ4v) is 3.11. The number of aromatic nitrogens is 2. The van der Waals surface area contributed by atoms with Gasteiger partial charge in [-0.3, -0.25) is 9.59 Å². The molecule has 3 rings (SSSR count). The van der Waals surface area contributed by atoms with Crippen LogP contribution in [0.5, 0.6) is 0 Å². The smallest absolute Gasteiger partial charge is 0.445 e. The van der Waals surface area contributed by atoms with Crippen molar-refractivity contribution >= 4 is 28.3 Å². The molecule has 1 saturated heterocycles. The van der Waals surface area contributed by atoms with Gasteiger partial charge in [0.05, 0.1) is 6.26 Å². The normalized spacial score (nSPS) is 16.0. The number of anilines is 1. The minimum atomic E-state index is -4.59. The van der Waals surface area contributed by atoms with Crippen LogP contribution in [0, 0.1) is 5.92 Å². The first-order valence-corrected chi connectivity index (χ1v) is 8.20. The lowest BCUT2D eigenvalue weighted by atomic mass is 9.96. The topological polar surface area (TPSA) is 88.3 Å². The van der Waals surface area contributed by atoms with Crippen LogP contribution in [0.2, 0.25) is 0 Å². The Bertz CT molecular complexity index is 752. The average molecular weight is 374 g/mol. The summed E-state index contributed by atoms with van der Waals surface area (Å²) in [6.45, 7) is 0.725. The van der Waals surface area contributed by atoms with Crippen molar-refractivity contribution in [2.24, 2.45) is 5.92 Å². The van der Waals surface area contributed by atoms with Crippen molar-refractivity contribution in [1.29, 1.82) is 0 Å². The first-order chi connectivity index (χ1) is 11.8. The number of amides is 2. The van der Waals surface area contributed by atoms with Gasteiger partial charge in [0.15, 0.2) is 5.76 Å². The lowest BCUT2D eigenvalue weighted by molar-refractivity contribution is -0.138. The van der Waals surface area contributed by atoms with Gasteiger partial charge in [-0.05, 0) is 25.0 Å². The van der Waals surface area contributed by atoms with Crippen molar-refractivity contribution in [2.45, 2.75) is 19.0 Å². The van der Waals surface area contributed by atoms with E-state index in [9.17, 15) is 22.8 Å². The molecule has 0 aromatic carbocycles. The van der Waals surface area contributed by atoms with Crippen molar-refractivity contribution in [3.8, 4) is 0 Å². The van der Waals surface area contributed by atoms with E-state index >= 15 is 0 Å². The minimum absolute atomic E-state index is 0.189. The van der Waals surface area contributed by atoms with Gasteiger partial charge in [-0.15, -0.1) is 10.2 Å². The molecule has 7 nitrogen and oxygen atoms in total. The summed E-state index contributed by atoms with van der Waals surface area (Å²) in [5, 5.41) is 7.41. The number of nitrogens with zero attached hydrogens (tertiary/aromatic N) is 3. The molecule has 1 fully saturated rings. The van der Waals surface area contributed by atoms with Gasteiger partial charge in [-0.1, -0.05) is 11.3 Å². The quantitative estimate of drug-likeness (QED) is 0.892. The molecule has 2 aromatic heterocycles. The molecule has 0 spiro atoms. The molecule has 0 bridgehead atoms. The number of piperidine rings is 1. The number of furan rings is 1. The number of nitrogens with one attached hydrogen (secondary N) is 1. The highest BCUT2D eigenvalue weighted by Crippen LogP contribution is 2.33. The Kier molecular flexibility index (Phi) is 4.75. The molecule has 2 aromatic rings. The van der Waals surface area contributed by atoms with E-state index in [1.165, 1.54) is 6.26 Å². The standard InChI is InChI=1S/C14H13F3N4O3S/c15-14(16,17)12-19-20-13(25-12)18-10(22)8-3-5-21(6-4-8)11(23)9-2-1-7-24-9/h1-2,7-8H,3-6H2,(H,18,20,22). The maximum Gasteiger partial charge on any atom is 0.445 e. The van der Waals surface area contributed by atoms with Crippen LogP contribution in [0.25, 0.3) is 0 Å². The highest BCUT2D eigenvalue weighted by molar-refractivity contribution is 7.15. The van der Waals surface area contributed by atoms with Crippen LogP contribution in [-0.2, 0) is 11.0 Å². The Hall–Kier alpha value is -2.43. The van der Waals surface area contributed by atoms with Gasteiger partial charge in [0.2, 0.25) is 16.0 Å². The fourth-order valence-electron chi connectivity index (χ4n) is 2.50. The predicted octanol–water partition coefficient (Wildman–Crippen LogP) is 2.64. The van der Waals surface area contributed by atoms with Gasteiger partial charge in [-0.2, -0.15) is 13.2 Å². The molecule has 0 unspecified atom stereocenters. The number of rotatable bonds is 3. The largest absolute Gasteiger partial charge is 0.459 e.